The van der Waals surface area contributed by atoms with Crippen LogP contribution in [0, 0.1) is 5.92 Å². The van der Waals surface area contributed by atoms with Crippen LogP contribution in [-0.2, 0) is 4.74 Å². The second kappa shape index (κ2) is 5.96. The molecule has 2 aliphatic heterocycles. The lowest BCUT2D eigenvalue weighted by atomic mass is 9.98. The molecule has 94 valence electrons. The molecule has 2 aliphatic rings. The summed E-state index contributed by atoms with van der Waals surface area (Å²) in [5.41, 5.74) is 5.87. The van der Waals surface area contributed by atoms with Gasteiger partial charge in [-0.25, -0.2) is 0 Å². The molecule has 0 aliphatic carbocycles. The van der Waals surface area contributed by atoms with Gasteiger partial charge in [-0.1, -0.05) is 0 Å². The molecule has 16 heavy (non-hydrogen) atoms. The van der Waals surface area contributed by atoms with Crippen LogP contribution in [0.2, 0.25) is 0 Å². The second-order valence-electron chi connectivity index (χ2n) is 5.20. The maximum absolute atomic E-state index is 5.87. The summed E-state index contributed by atoms with van der Waals surface area (Å²) in [5.74, 6) is 0.825. The Hall–Kier alpha value is -0.160. The van der Waals surface area contributed by atoms with Crippen molar-refractivity contribution in [3.8, 4) is 0 Å². The lowest BCUT2D eigenvalue weighted by Gasteiger charge is -2.41. The molecule has 0 radical (unpaired) electrons. The molecule has 0 saturated carbocycles. The maximum atomic E-state index is 5.87. The summed E-state index contributed by atoms with van der Waals surface area (Å²) in [4.78, 5) is 4.98. The standard InChI is InChI=1S/C12H25N3O/c1-14-4-5-15(12(8-13)10-14)9-11-2-6-16-7-3-11/h11-12H,2-10,13H2,1H3. The maximum Gasteiger partial charge on any atom is 0.0469 e. The first-order chi connectivity index (χ1) is 7.79. The van der Waals surface area contributed by atoms with Gasteiger partial charge in [0.25, 0.3) is 0 Å². The van der Waals surface area contributed by atoms with Crippen LogP contribution < -0.4 is 5.73 Å². The third-order valence-electron chi connectivity index (χ3n) is 3.91. The molecule has 4 heteroatoms. The van der Waals surface area contributed by atoms with Crippen LogP contribution in [0.5, 0.6) is 0 Å². The Morgan fingerprint density at radius 2 is 2.00 bits per heavy atom. The van der Waals surface area contributed by atoms with Gasteiger partial charge in [0, 0.05) is 52.0 Å². The predicted molar refractivity (Wildman–Crippen MR) is 65.5 cm³/mol. The van der Waals surface area contributed by atoms with Crippen LogP contribution in [0.15, 0.2) is 0 Å². The first kappa shape index (κ1) is 12.3. The summed E-state index contributed by atoms with van der Waals surface area (Å²) < 4.78 is 5.41. The molecule has 0 aromatic rings. The molecule has 0 bridgehead atoms. The molecule has 1 atom stereocenters. The fourth-order valence-corrected chi connectivity index (χ4v) is 2.77. The van der Waals surface area contributed by atoms with Gasteiger partial charge in [-0.15, -0.1) is 0 Å². The summed E-state index contributed by atoms with van der Waals surface area (Å²) in [6.07, 6.45) is 2.45. The Kier molecular flexibility index (Phi) is 4.58. The number of rotatable bonds is 3. The largest absolute Gasteiger partial charge is 0.381 e. The fraction of sp³-hybridized carbons (Fsp3) is 1.00. The molecule has 2 rings (SSSR count). The fourth-order valence-electron chi connectivity index (χ4n) is 2.77. The molecule has 2 saturated heterocycles. The normalized spacial score (nSPS) is 30.8. The van der Waals surface area contributed by atoms with E-state index in [4.69, 9.17) is 10.5 Å². The molecule has 0 amide bonds. The van der Waals surface area contributed by atoms with Crippen molar-refractivity contribution >= 4 is 0 Å². The zero-order valence-corrected chi connectivity index (χ0v) is 10.4. The molecule has 2 heterocycles. The Morgan fingerprint density at radius 1 is 1.25 bits per heavy atom. The number of hydrogen-bond donors (Lipinski definition) is 1. The highest BCUT2D eigenvalue weighted by molar-refractivity contribution is 4.83. The number of nitrogens with zero attached hydrogens (tertiary/aromatic N) is 2. The van der Waals surface area contributed by atoms with E-state index in [0.717, 1.165) is 32.2 Å². The Labute approximate surface area is 98.7 Å². The predicted octanol–water partition coefficient (Wildman–Crippen LogP) is -0.0123. The van der Waals surface area contributed by atoms with Gasteiger partial charge in [0.2, 0.25) is 0 Å². The molecular formula is C12H25N3O. The highest BCUT2D eigenvalue weighted by Gasteiger charge is 2.26. The first-order valence-electron chi connectivity index (χ1n) is 6.50. The van der Waals surface area contributed by atoms with Crippen molar-refractivity contribution in [3.05, 3.63) is 0 Å². The van der Waals surface area contributed by atoms with Crippen molar-refractivity contribution < 1.29 is 4.74 Å². The first-order valence-corrected chi connectivity index (χ1v) is 6.50. The van der Waals surface area contributed by atoms with E-state index in [1.54, 1.807) is 0 Å². The summed E-state index contributed by atoms with van der Waals surface area (Å²) >= 11 is 0. The van der Waals surface area contributed by atoms with Gasteiger partial charge in [-0.3, -0.25) is 4.90 Å². The van der Waals surface area contributed by atoms with E-state index in [9.17, 15) is 0 Å². The monoisotopic (exact) mass is 227 g/mol. The lowest BCUT2D eigenvalue weighted by Crippen LogP contribution is -2.56. The van der Waals surface area contributed by atoms with Gasteiger partial charge in [-0.2, -0.15) is 0 Å². The van der Waals surface area contributed by atoms with Crippen molar-refractivity contribution in [1.29, 1.82) is 0 Å². The van der Waals surface area contributed by atoms with Crippen molar-refractivity contribution in [2.24, 2.45) is 11.7 Å². The summed E-state index contributed by atoms with van der Waals surface area (Å²) in [7, 11) is 2.19. The van der Waals surface area contributed by atoms with Crippen LogP contribution in [0.3, 0.4) is 0 Å². The number of piperazine rings is 1. The van der Waals surface area contributed by atoms with Crippen LogP contribution in [0.25, 0.3) is 0 Å². The minimum absolute atomic E-state index is 0.557. The number of nitrogens with two attached hydrogens (primary N) is 1. The van der Waals surface area contributed by atoms with Crippen molar-refractivity contribution in [3.63, 3.8) is 0 Å². The lowest BCUT2D eigenvalue weighted by molar-refractivity contribution is 0.0286. The van der Waals surface area contributed by atoms with Crippen molar-refractivity contribution in [2.75, 3.05) is 53.0 Å². The summed E-state index contributed by atoms with van der Waals surface area (Å²) in [5, 5.41) is 0. The van der Waals surface area contributed by atoms with E-state index in [1.807, 2.05) is 0 Å². The topological polar surface area (TPSA) is 41.7 Å². The third kappa shape index (κ3) is 3.17. The Morgan fingerprint density at radius 3 is 2.69 bits per heavy atom. The second-order valence-corrected chi connectivity index (χ2v) is 5.20. The van der Waals surface area contributed by atoms with Crippen LogP contribution >= 0.6 is 0 Å². The van der Waals surface area contributed by atoms with E-state index in [2.05, 4.69) is 16.8 Å². The molecule has 0 aromatic carbocycles. The average molecular weight is 227 g/mol. The van der Waals surface area contributed by atoms with E-state index < -0.39 is 0 Å². The Balaban J connectivity index is 1.82. The van der Waals surface area contributed by atoms with Crippen LogP contribution in [0.1, 0.15) is 12.8 Å². The molecule has 4 nitrogen and oxygen atoms in total. The van der Waals surface area contributed by atoms with E-state index in [-0.39, 0.29) is 0 Å². The minimum atomic E-state index is 0.557. The molecule has 2 N–H and O–H groups in total. The molecule has 0 spiro atoms. The SMILES string of the molecule is CN1CCN(CC2CCOCC2)C(CN)C1. The van der Waals surface area contributed by atoms with Gasteiger partial charge in [0.05, 0.1) is 0 Å². The molecule has 0 aromatic heterocycles. The zero-order valence-electron chi connectivity index (χ0n) is 10.4. The number of likely N-dealkylation sites (N-methyl/N-ethyl adjacent to an activating group) is 1. The van der Waals surface area contributed by atoms with E-state index in [1.165, 1.54) is 32.5 Å². The highest BCUT2D eigenvalue weighted by Crippen LogP contribution is 2.18. The van der Waals surface area contributed by atoms with Crippen LogP contribution in [-0.4, -0.2) is 68.8 Å². The van der Waals surface area contributed by atoms with Crippen molar-refractivity contribution in [2.45, 2.75) is 18.9 Å². The molecular weight excluding hydrogens is 202 g/mol. The van der Waals surface area contributed by atoms with Crippen LogP contribution in [0.4, 0.5) is 0 Å². The van der Waals surface area contributed by atoms with Gasteiger partial charge in [0.1, 0.15) is 0 Å². The van der Waals surface area contributed by atoms with Gasteiger partial charge in [0.15, 0.2) is 0 Å². The summed E-state index contributed by atoms with van der Waals surface area (Å²) in [6.45, 7) is 7.39. The quantitative estimate of drug-likeness (QED) is 0.736. The van der Waals surface area contributed by atoms with Gasteiger partial charge >= 0.3 is 0 Å². The van der Waals surface area contributed by atoms with E-state index in [0.29, 0.717) is 6.04 Å². The Bertz CT molecular complexity index is 206. The van der Waals surface area contributed by atoms with E-state index >= 15 is 0 Å². The zero-order chi connectivity index (χ0) is 11.4. The van der Waals surface area contributed by atoms with Crippen molar-refractivity contribution in [1.82, 2.24) is 9.80 Å². The molecule has 2 fully saturated rings. The number of ether oxygens (including phenoxy) is 1. The third-order valence-corrected chi connectivity index (χ3v) is 3.91. The van der Waals surface area contributed by atoms with Gasteiger partial charge in [-0.05, 0) is 25.8 Å². The highest BCUT2D eigenvalue weighted by atomic mass is 16.5. The molecule has 1 unspecified atom stereocenters. The summed E-state index contributed by atoms with van der Waals surface area (Å²) in [6, 6.07) is 0.557. The average Bonchev–Trinajstić information content (AvgIpc) is 2.33. The number of hydrogen-bond acceptors (Lipinski definition) is 4. The van der Waals surface area contributed by atoms with Gasteiger partial charge < -0.3 is 15.4 Å². The minimum Gasteiger partial charge on any atom is -0.381 e. The smallest absolute Gasteiger partial charge is 0.0469 e.